The van der Waals surface area contributed by atoms with Crippen LogP contribution in [0.1, 0.15) is 26.0 Å². The summed E-state index contributed by atoms with van der Waals surface area (Å²) in [5.74, 6) is 5.31. The first kappa shape index (κ1) is 13.9. The number of anilines is 1. The van der Waals surface area contributed by atoms with Gasteiger partial charge in [0, 0.05) is 19.9 Å². The molecule has 0 unspecified atom stereocenters. The molecule has 1 rings (SSSR count). The molecule has 96 valence electrons. The van der Waals surface area contributed by atoms with Crippen LogP contribution < -0.4 is 11.3 Å². The van der Waals surface area contributed by atoms with Crippen molar-refractivity contribution in [1.82, 2.24) is 4.98 Å². The molecule has 0 aliphatic rings. The normalized spacial score (nSPS) is 11.5. The molecule has 0 saturated heterocycles. The van der Waals surface area contributed by atoms with Crippen molar-refractivity contribution in [2.24, 2.45) is 5.84 Å². The molecule has 17 heavy (non-hydrogen) atoms. The van der Waals surface area contributed by atoms with Crippen molar-refractivity contribution in [3.63, 3.8) is 0 Å². The van der Waals surface area contributed by atoms with Gasteiger partial charge in [0.05, 0.1) is 23.6 Å². The Morgan fingerprint density at radius 3 is 2.88 bits per heavy atom. The molecule has 0 spiro atoms. The minimum atomic E-state index is -0.145. The predicted molar refractivity (Wildman–Crippen MR) is 67.4 cm³/mol. The molecular weight excluding hydrogens is 218 g/mol. The number of aromatic nitrogens is 1. The lowest BCUT2D eigenvalue weighted by Gasteiger charge is -2.22. The molecule has 5 nitrogen and oxygen atoms in total. The van der Waals surface area contributed by atoms with E-state index in [0.717, 1.165) is 17.8 Å². The monoisotopic (exact) mass is 239 g/mol. The number of hydrogen-bond acceptors (Lipinski definition) is 5. The molecule has 0 fully saturated rings. The molecule has 1 aromatic rings. The predicted octanol–water partition coefficient (Wildman–Crippen LogP) is 1.70. The highest BCUT2D eigenvalue weighted by atomic mass is 16.5. The number of rotatable bonds is 7. The number of nitrogen functional groups attached to an aromatic ring is 1. The number of nitrogens with zero attached hydrogens (tertiary/aromatic N) is 1. The minimum Gasteiger partial charge on any atom is -0.379 e. The second-order valence-corrected chi connectivity index (χ2v) is 4.45. The first-order chi connectivity index (χ1) is 8.07. The number of hydrogen-bond donors (Lipinski definition) is 2. The van der Waals surface area contributed by atoms with E-state index in [-0.39, 0.29) is 5.60 Å². The molecule has 0 bridgehead atoms. The fourth-order valence-electron chi connectivity index (χ4n) is 1.24. The third kappa shape index (κ3) is 5.12. The van der Waals surface area contributed by atoms with Crippen molar-refractivity contribution >= 4 is 5.69 Å². The lowest BCUT2D eigenvalue weighted by molar-refractivity contribution is -0.0128. The summed E-state index contributed by atoms with van der Waals surface area (Å²) in [7, 11) is 1.71. The highest BCUT2D eigenvalue weighted by Gasteiger charge is 2.15. The topological polar surface area (TPSA) is 69.4 Å². The molecular formula is C12H21N3O2. The van der Waals surface area contributed by atoms with Crippen molar-refractivity contribution in [3.8, 4) is 0 Å². The van der Waals surface area contributed by atoms with Crippen molar-refractivity contribution in [1.29, 1.82) is 0 Å². The molecule has 0 saturated carbocycles. The van der Waals surface area contributed by atoms with Crippen LogP contribution in [0.4, 0.5) is 5.69 Å². The van der Waals surface area contributed by atoms with Crippen molar-refractivity contribution in [2.75, 3.05) is 19.1 Å². The van der Waals surface area contributed by atoms with Gasteiger partial charge in [-0.2, -0.15) is 0 Å². The molecule has 3 N–H and O–H groups in total. The van der Waals surface area contributed by atoms with Crippen LogP contribution in [0.3, 0.4) is 0 Å². The summed E-state index contributed by atoms with van der Waals surface area (Å²) in [6.45, 7) is 5.19. The first-order valence-corrected chi connectivity index (χ1v) is 5.62. The Morgan fingerprint density at radius 1 is 1.47 bits per heavy atom. The highest BCUT2D eigenvalue weighted by Crippen LogP contribution is 2.13. The molecule has 0 radical (unpaired) electrons. The van der Waals surface area contributed by atoms with Gasteiger partial charge in [0.15, 0.2) is 0 Å². The summed E-state index contributed by atoms with van der Waals surface area (Å²) in [4.78, 5) is 4.19. The standard InChI is InChI=1S/C12H21N3O2/c1-12(2,16-3)5-7-17-9-11-8-10(15-13)4-6-14-11/h4,6,8H,5,7,9,13H2,1-3H3,(H,14,15). The van der Waals surface area contributed by atoms with Gasteiger partial charge in [-0.1, -0.05) is 0 Å². The number of hydrazine groups is 1. The highest BCUT2D eigenvalue weighted by molar-refractivity contribution is 5.41. The molecule has 0 aromatic carbocycles. The Hall–Kier alpha value is -1.17. The molecule has 1 heterocycles. The van der Waals surface area contributed by atoms with E-state index in [2.05, 4.69) is 10.4 Å². The number of nitrogens with one attached hydrogen (secondary N) is 1. The van der Waals surface area contributed by atoms with Crippen molar-refractivity contribution in [3.05, 3.63) is 24.0 Å². The van der Waals surface area contributed by atoms with Gasteiger partial charge in [0.2, 0.25) is 0 Å². The fourth-order valence-corrected chi connectivity index (χ4v) is 1.24. The van der Waals surface area contributed by atoms with E-state index in [9.17, 15) is 0 Å². The van der Waals surface area contributed by atoms with E-state index < -0.39 is 0 Å². The zero-order valence-electron chi connectivity index (χ0n) is 10.7. The van der Waals surface area contributed by atoms with E-state index in [1.54, 1.807) is 19.4 Å². The van der Waals surface area contributed by atoms with Gasteiger partial charge in [-0.05, 0) is 32.4 Å². The lowest BCUT2D eigenvalue weighted by atomic mass is 10.1. The third-order valence-corrected chi connectivity index (χ3v) is 2.63. The van der Waals surface area contributed by atoms with Crippen molar-refractivity contribution in [2.45, 2.75) is 32.5 Å². The average Bonchev–Trinajstić information content (AvgIpc) is 2.35. The van der Waals surface area contributed by atoms with E-state index in [1.807, 2.05) is 19.9 Å². The second kappa shape index (κ2) is 6.54. The van der Waals surface area contributed by atoms with Crippen LogP contribution in [0, 0.1) is 0 Å². The fraction of sp³-hybridized carbons (Fsp3) is 0.583. The molecule has 0 aliphatic carbocycles. The van der Waals surface area contributed by atoms with Gasteiger partial charge in [0.1, 0.15) is 0 Å². The number of ether oxygens (including phenoxy) is 2. The van der Waals surface area contributed by atoms with Crippen LogP contribution in [0.2, 0.25) is 0 Å². The molecule has 0 atom stereocenters. The summed E-state index contributed by atoms with van der Waals surface area (Å²) < 4.78 is 10.9. The smallest absolute Gasteiger partial charge is 0.0888 e. The quantitative estimate of drug-likeness (QED) is 0.430. The largest absolute Gasteiger partial charge is 0.379 e. The van der Waals surface area contributed by atoms with Crippen LogP contribution in [-0.2, 0) is 16.1 Å². The number of pyridine rings is 1. The van der Waals surface area contributed by atoms with Gasteiger partial charge in [-0.3, -0.25) is 10.8 Å². The van der Waals surface area contributed by atoms with Crippen LogP contribution in [-0.4, -0.2) is 24.3 Å². The lowest BCUT2D eigenvalue weighted by Crippen LogP contribution is -2.24. The molecule has 0 aliphatic heterocycles. The maximum absolute atomic E-state index is 5.55. The summed E-state index contributed by atoms with van der Waals surface area (Å²) in [6.07, 6.45) is 2.55. The van der Waals surface area contributed by atoms with Crippen LogP contribution >= 0.6 is 0 Å². The van der Waals surface area contributed by atoms with E-state index in [1.165, 1.54) is 0 Å². The van der Waals surface area contributed by atoms with Gasteiger partial charge in [-0.25, -0.2) is 0 Å². The molecule has 5 heteroatoms. The third-order valence-electron chi connectivity index (χ3n) is 2.63. The van der Waals surface area contributed by atoms with Gasteiger partial charge < -0.3 is 14.9 Å². The maximum atomic E-state index is 5.55. The maximum Gasteiger partial charge on any atom is 0.0888 e. The first-order valence-electron chi connectivity index (χ1n) is 5.62. The van der Waals surface area contributed by atoms with Crippen LogP contribution in [0.5, 0.6) is 0 Å². The summed E-state index contributed by atoms with van der Waals surface area (Å²) in [5.41, 5.74) is 4.12. The zero-order valence-corrected chi connectivity index (χ0v) is 10.7. The SMILES string of the molecule is COC(C)(C)CCOCc1cc(NN)ccn1. The van der Waals surface area contributed by atoms with E-state index in [4.69, 9.17) is 15.3 Å². The minimum absolute atomic E-state index is 0.145. The Bertz CT molecular complexity index is 342. The summed E-state index contributed by atoms with van der Waals surface area (Å²) >= 11 is 0. The Labute approximate surface area is 102 Å². The zero-order chi connectivity index (χ0) is 12.7. The Kier molecular flexibility index (Phi) is 5.34. The van der Waals surface area contributed by atoms with Crippen molar-refractivity contribution < 1.29 is 9.47 Å². The second-order valence-electron chi connectivity index (χ2n) is 4.45. The van der Waals surface area contributed by atoms with Gasteiger partial charge in [-0.15, -0.1) is 0 Å². The number of methoxy groups -OCH3 is 1. The Balaban J connectivity index is 2.31. The van der Waals surface area contributed by atoms with Gasteiger partial charge in [0.25, 0.3) is 0 Å². The van der Waals surface area contributed by atoms with E-state index >= 15 is 0 Å². The summed E-state index contributed by atoms with van der Waals surface area (Å²) in [5, 5.41) is 0. The average molecular weight is 239 g/mol. The van der Waals surface area contributed by atoms with Crippen LogP contribution in [0.15, 0.2) is 18.3 Å². The number of nitrogens with two attached hydrogens (primary N) is 1. The van der Waals surface area contributed by atoms with E-state index in [0.29, 0.717) is 13.2 Å². The molecule has 1 aromatic heterocycles. The molecule has 0 amide bonds. The van der Waals surface area contributed by atoms with Gasteiger partial charge >= 0.3 is 0 Å². The summed E-state index contributed by atoms with van der Waals surface area (Å²) in [6, 6.07) is 3.67. The Morgan fingerprint density at radius 2 is 2.24 bits per heavy atom. The van der Waals surface area contributed by atoms with Crippen LogP contribution in [0.25, 0.3) is 0 Å².